The van der Waals surface area contributed by atoms with E-state index in [-0.39, 0.29) is 31.7 Å². The molecule has 1 aromatic heterocycles. The summed E-state index contributed by atoms with van der Waals surface area (Å²) in [6.07, 6.45) is -2.57. The van der Waals surface area contributed by atoms with Gasteiger partial charge in [0.25, 0.3) is 0 Å². The van der Waals surface area contributed by atoms with Crippen molar-refractivity contribution in [2.75, 3.05) is 17.7 Å². The largest absolute Gasteiger partial charge is 1.00 e. The van der Waals surface area contributed by atoms with Crippen LogP contribution in [-0.4, -0.2) is 29.5 Å². The van der Waals surface area contributed by atoms with Crippen molar-refractivity contribution in [2.24, 2.45) is 0 Å². The Bertz CT molecular complexity index is 400. The average Bonchev–Trinajstić information content (AvgIpc) is 2.47. The summed E-state index contributed by atoms with van der Waals surface area (Å²) in [5, 5.41) is 22.9. The van der Waals surface area contributed by atoms with Gasteiger partial charge in [0.15, 0.2) is 5.06 Å². The van der Waals surface area contributed by atoms with Gasteiger partial charge in [0, 0.05) is 5.38 Å². The second-order valence-corrected chi connectivity index (χ2v) is 3.22. The average molecular weight is 240 g/mol. The molecule has 1 aromatic rings. The number of amides is 2. The molecule has 0 aliphatic carbocycles. The Labute approximate surface area is 108 Å². The molecule has 4 N–H and O–H groups in total. The second-order valence-electron chi connectivity index (χ2n) is 2.38. The third-order valence-corrected chi connectivity index (χ3v) is 2.35. The Morgan fingerprint density at radius 3 is 2.38 bits per heavy atom. The van der Waals surface area contributed by atoms with E-state index in [1.165, 1.54) is 12.5 Å². The minimum Gasteiger partial charge on any atom is -1.00 e. The number of anilines is 2. The zero-order valence-corrected chi connectivity index (χ0v) is 9.42. The van der Waals surface area contributed by atoms with E-state index in [9.17, 15) is 9.59 Å². The van der Waals surface area contributed by atoms with E-state index in [1.807, 2.05) is 0 Å². The monoisotopic (exact) mass is 240 g/mol. The van der Waals surface area contributed by atoms with Gasteiger partial charge in [-0.05, 0) is 0 Å². The van der Waals surface area contributed by atoms with Crippen LogP contribution in [0.25, 0.3) is 0 Å². The molecule has 16 heavy (non-hydrogen) atoms. The first-order valence-corrected chi connectivity index (χ1v) is 4.58. The molecular weight excluding hydrogens is 231 g/mol. The van der Waals surface area contributed by atoms with Crippen LogP contribution in [0.4, 0.5) is 21.0 Å². The standard InChI is InChI=1S/C7H8N2O5S.Li.H/c1-14-5-4(9-7(12)13)3(2-15-5)8-6(10)11;;/h2,8-9H,1H3,(H,10,11)(H,12,13);;/q;+1;-1. The van der Waals surface area contributed by atoms with E-state index in [0.717, 1.165) is 11.3 Å². The molecule has 0 aliphatic heterocycles. The maximum absolute atomic E-state index is 10.4. The van der Waals surface area contributed by atoms with E-state index >= 15 is 0 Å². The van der Waals surface area contributed by atoms with Crippen molar-refractivity contribution in [3.63, 3.8) is 0 Å². The fourth-order valence-corrected chi connectivity index (χ4v) is 1.70. The first-order valence-electron chi connectivity index (χ1n) is 3.70. The van der Waals surface area contributed by atoms with E-state index in [4.69, 9.17) is 14.9 Å². The van der Waals surface area contributed by atoms with Gasteiger partial charge in [0.1, 0.15) is 5.69 Å². The van der Waals surface area contributed by atoms with Crippen LogP contribution in [0.3, 0.4) is 0 Å². The van der Waals surface area contributed by atoms with Crippen molar-refractivity contribution in [3.8, 4) is 5.06 Å². The van der Waals surface area contributed by atoms with Crippen molar-refractivity contribution in [1.82, 2.24) is 0 Å². The number of thiophene rings is 1. The molecule has 0 radical (unpaired) electrons. The van der Waals surface area contributed by atoms with E-state index < -0.39 is 12.2 Å². The Balaban J connectivity index is 0. The summed E-state index contributed by atoms with van der Waals surface area (Å²) in [5.74, 6) is 0. The Morgan fingerprint density at radius 2 is 1.94 bits per heavy atom. The van der Waals surface area contributed by atoms with Gasteiger partial charge in [0.05, 0.1) is 12.8 Å². The number of hydrogen-bond donors (Lipinski definition) is 4. The smallest absolute Gasteiger partial charge is 1.00 e. The third kappa shape index (κ3) is 3.66. The normalized spacial score (nSPS) is 8.81. The molecule has 0 saturated heterocycles. The molecule has 1 heterocycles. The zero-order chi connectivity index (χ0) is 11.4. The van der Waals surface area contributed by atoms with Gasteiger partial charge >= 0.3 is 31.0 Å². The molecule has 1 rings (SSSR count). The van der Waals surface area contributed by atoms with Crippen LogP contribution in [0.5, 0.6) is 5.06 Å². The van der Waals surface area contributed by atoms with E-state index in [2.05, 4.69) is 10.6 Å². The zero-order valence-electron chi connectivity index (χ0n) is 9.60. The molecule has 0 fully saturated rings. The van der Waals surface area contributed by atoms with Gasteiger partial charge in [-0.1, -0.05) is 0 Å². The van der Waals surface area contributed by atoms with Crippen molar-refractivity contribution >= 4 is 34.9 Å². The van der Waals surface area contributed by atoms with Gasteiger partial charge in [-0.2, -0.15) is 0 Å². The summed E-state index contributed by atoms with van der Waals surface area (Å²) in [6, 6.07) is 0. The molecule has 0 saturated carbocycles. The van der Waals surface area contributed by atoms with Crippen LogP contribution in [-0.2, 0) is 0 Å². The fourth-order valence-electron chi connectivity index (χ4n) is 0.923. The number of rotatable bonds is 3. The van der Waals surface area contributed by atoms with Crippen molar-refractivity contribution in [2.45, 2.75) is 0 Å². The molecule has 84 valence electrons. The minimum absolute atomic E-state index is 0. The van der Waals surface area contributed by atoms with Gasteiger partial charge < -0.3 is 16.4 Å². The molecule has 0 aliphatic rings. The summed E-state index contributed by atoms with van der Waals surface area (Å²) in [7, 11) is 1.36. The van der Waals surface area contributed by atoms with Crippen LogP contribution in [0.15, 0.2) is 5.38 Å². The molecule has 0 aromatic carbocycles. The maximum Gasteiger partial charge on any atom is 1.00 e. The molecule has 0 spiro atoms. The Kier molecular flexibility index (Phi) is 5.74. The summed E-state index contributed by atoms with van der Waals surface area (Å²) < 4.78 is 4.87. The number of carboxylic acid groups (broad SMARTS) is 2. The summed E-state index contributed by atoms with van der Waals surface area (Å²) in [6.45, 7) is 0. The molecule has 9 heteroatoms. The molecule has 7 nitrogen and oxygen atoms in total. The number of nitrogens with one attached hydrogen (secondary N) is 2. The summed E-state index contributed by atoms with van der Waals surface area (Å²) in [4.78, 5) is 20.8. The van der Waals surface area contributed by atoms with E-state index in [1.54, 1.807) is 0 Å². The van der Waals surface area contributed by atoms with Crippen LogP contribution in [0.1, 0.15) is 1.43 Å². The Hall–Kier alpha value is -1.36. The van der Waals surface area contributed by atoms with Gasteiger partial charge in [-0.15, -0.1) is 11.3 Å². The van der Waals surface area contributed by atoms with Gasteiger partial charge in [-0.3, -0.25) is 10.6 Å². The second kappa shape index (κ2) is 6.27. The van der Waals surface area contributed by atoms with Crippen LogP contribution in [0, 0.1) is 0 Å². The summed E-state index contributed by atoms with van der Waals surface area (Å²) >= 11 is 1.09. The molecule has 0 bridgehead atoms. The fraction of sp³-hybridized carbons (Fsp3) is 0.143. The maximum atomic E-state index is 10.4. The third-order valence-electron chi connectivity index (χ3n) is 1.42. The van der Waals surface area contributed by atoms with Crippen LogP contribution >= 0.6 is 11.3 Å². The SMILES string of the molecule is COc1scc(NC(=O)O)c1NC(=O)O.[H-].[Li+]. The predicted molar refractivity (Wildman–Crippen MR) is 55.3 cm³/mol. The van der Waals surface area contributed by atoms with Crippen LogP contribution in [0.2, 0.25) is 0 Å². The first kappa shape index (κ1) is 14.6. The number of hydrogen-bond acceptors (Lipinski definition) is 4. The number of ether oxygens (including phenoxy) is 1. The first-order chi connectivity index (χ1) is 7.04. The van der Waals surface area contributed by atoms with Crippen LogP contribution < -0.4 is 34.2 Å². The van der Waals surface area contributed by atoms with Crippen molar-refractivity contribution in [3.05, 3.63) is 5.38 Å². The molecule has 0 atom stereocenters. The predicted octanol–water partition coefficient (Wildman–Crippen LogP) is -0.947. The van der Waals surface area contributed by atoms with Gasteiger partial charge in [0.2, 0.25) is 0 Å². The molecule has 0 unspecified atom stereocenters. The van der Waals surface area contributed by atoms with Crippen molar-refractivity contribution in [1.29, 1.82) is 0 Å². The minimum atomic E-state index is -1.29. The quantitative estimate of drug-likeness (QED) is 0.509. The molecule has 2 amide bonds. The summed E-state index contributed by atoms with van der Waals surface area (Å²) in [5.41, 5.74) is 0.240. The Morgan fingerprint density at radius 1 is 1.38 bits per heavy atom. The number of carbonyl (C=O) groups is 2. The van der Waals surface area contributed by atoms with E-state index in [0.29, 0.717) is 5.06 Å². The van der Waals surface area contributed by atoms with Crippen molar-refractivity contribution < 1.29 is 44.8 Å². The molecular formula is C7H9LiN2O5S. The topological polar surface area (TPSA) is 108 Å². The number of methoxy groups -OCH3 is 1. The van der Waals surface area contributed by atoms with Gasteiger partial charge in [-0.25, -0.2) is 9.59 Å².